The smallest absolute Gasteiger partial charge is 0.164 e. The van der Waals surface area contributed by atoms with E-state index in [2.05, 4.69) is 16.4 Å². The molecule has 1 saturated heterocycles. The molecule has 19 heavy (non-hydrogen) atoms. The number of aromatic nitrogens is 1. The summed E-state index contributed by atoms with van der Waals surface area (Å²) in [6.07, 6.45) is 5.70. The second kappa shape index (κ2) is 6.87. The van der Waals surface area contributed by atoms with Gasteiger partial charge in [-0.05, 0) is 19.0 Å². The predicted octanol–water partition coefficient (Wildman–Crippen LogP) is 2.19. The summed E-state index contributed by atoms with van der Waals surface area (Å²) >= 11 is 0. The Labute approximate surface area is 115 Å². The SMILES string of the molecule is CCCC(=O)c1ccn(CC2CN(CC)CCO2)c1. The molecule has 4 heteroatoms. The Morgan fingerprint density at radius 3 is 3.05 bits per heavy atom. The molecule has 1 aromatic heterocycles. The molecule has 1 aliphatic rings. The van der Waals surface area contributed by atoms with E-state index in [4.69, 9.17) is 4.74 Å². The van der Waals surface area contributed by atoms with Gasteiger partial charge in [0.05, 0.1) is 12.7 Å². The Hall–Kier alpha value is -1.13. The lowest BCUT2D eigenvalue weighted by Gasteiger charge is -2.32. The number of ketones is 1. The van der Waals surface area contributed by atoms with Crippen molar-refractivity contribution in [1.29, 1.82) is 0 Å². The van der Waals surface area contributed by atoms with Crippen LogP contribution in [0.2, 0.25) is 0 Å². The molecule has 0 bridgehead atoms. The number of nitrogens with zero attached hydrogens (tertiary/aromatic N) is 2. The van der Waals surface area contributed by atoms with Crippen LogP contribution in [0.3, 0.4) is 0 Å². The van der Waals surface area contributed by atoms with Crippen molar-refractivity contribution in [1.82, 2.24) is 9.47 Å². The minimum Gasteiger partial charge on any atom is -0.374 e. The highest BCUT2D eigenvalue weighted by molar-refractivity contribution is 5.95. The van der Waals surface area contributed by atoms with Crippen LogP contribution in [0.25, 0.3) is 0 Å². The third-order valence-electron chi connectivity index (χ3n) is 3.63. The topological polar surface area (TPSA) is 34.5 Å². The van der Waals surface area contributed by atoms with Crippen molar-refractivity contribution in [3.63, 3.8) is 0 Å². The standard InChI is InChI=1S/C15H24N2O2/c1-3-5-15(18)13-6-7-17(10-13)12-14-11-16(4-2)8-9-19-14/h6-7,10,14H,3-5,8-9,11-12H2,1-2H3. The summed E-state index contributed by atoms with van der Waals surface area (Å²) in [5.41, 5.74) is 0.824. The van der Waals surface area contributed by atoms with Crippen LogP contribution in [0, 0.1) is 0 Å². The highest BCUT2D eigenvalue weighted by Crippen LogP contribution is 2.11. The molecule has 0 radical (unpaired) electrons. The molecule has 2 rings (SSSR count). The normalized spacial score (nSPS) is 20.6. The Morgan fingerprint density at radius 1 is 1.47 bits per heavy atom. The number of carbonyl (C=O) groups is 1. The quantitative estimate of drug-likeness (QED) is 0.739. The summed E-state index contributed by atoms with van der Waals surface area (Å²) in [5, 5.41) is 0. The zero-order valence-corrected chi connectivity index (χ0v) is 12.0. The van der Waals surface area contributed by atoms with Crippen LogP contribution in [0.1, 0.15) is 37.0 Å². The number of rotatable bonds is 6. The summed E-state index contributed by atoms with van der Waals surface area (Å²) in [6, 6.07) is 1.92. The van der Waals surface area contributed by atoms with Gasteiger partial charge in [-0.25, -0.2) is 0 Å². The number of hydrogen-bond donors (Lipinski definition) is 0. The molecule has 0 saturated carbocycles. The number of ether oxygens (including phenoxy) is 1. The molecule has 0 amide bonds. The maximum Gasteiger partial charge on any atom is 0.164 e. The van der Waals surface area contributed by atoms with Gasteiger partial charge in [-0.1, -0.05) is 13.8 Å². The molecule has 2 heterocycles. The van der Waals surface area contributed by atoms with Gasteiger partial charge in [0.2, 0.25) is 0 Å². The molecular weight excluding hydrogens is 240 g/mol. The largest absolute Gasteiger partial charge is 0.374 e. The maximum absolute atomic E-state index is 11.8. The van der Waals surface area contributed by atoms with E-state index in [0.717, 1.165) is 44.8 Å². The monoisotopic (exact) mass is 264 g/mol. The number of likely N-dealkylation sites (N-methyl/N-ethyl adjacent to an activating group) is 1. The Kier molecular flexibility index (Phi) is 5.16. The van der Waals surface area contributed by atoms with Gasteiger partial charge >= 0.3 is 0 Å². The van der Waals surface area contributed by atoms with Gasteiger partial charge in [0, 0.05) is 44.0 Å². The molecule has 1 aliphatic heterocycles. The predicted molar refractivity (Wildman–Crippen MR) is 75.5 cm³/mol. The summed E-state index contributed by atoms with van der Waals surface area (Å²) < 4.78 is 7.86. The molecular formula is C15H24N2O2. The molecule has 1 atom stereocenters. The van der Waals surface area contributed by atoms with Gasteiger partial charge in [0.15, 0.2) is 5.78 Å². The van der Waals surface area contributed by atoms with Gasteiger partial charge in [0.1, 0.15) is 0 Å². The summed E-state index contributed by atoms with van der Waals surface area (Å²) in [4.78, 5) is 14.2. The number of Topliss-reactive ketones (excluding diaryl/α,β-unsaturated/α-hetero) is 1. The van der Waals surface area contributed by atoms with Gasteiger partial charge in [-0.15, -0.1) is 0 Å². The first-order chi connectivity index (χ1) is 9.22. The molecule has 106 valence electrons. The number of morpholine rings is 1. The average Bonchev–Trinajstić information content (AvgIpc) is 2.88. The van der Waals surface area contributed by atoms with E-state index in [1.807, 2.05) is 25.4 Å². The average molecular weight is 264 g/mol. The lowest BCUT2D eigenvalue weighted by molar-refractivity contribution is -0.0342. The van der Waals surface area contributed by atoms with Crippen LogP contribution in [0.15, 0.2) is 18.5 Å². The fourth-order valence-electron chi connectivity index (χ4n) is 2.50. The summed E-state index contributed by atoms with van der Waals surface area (Å²) in [6.45, 7) is 8.93. The lowest BCUT2D eigenvalue weighted by atomic mass is 10.1. The summed E-state index contributed by atoms with van der Waals surface area (Å²) in [5.74, 6) is 0.237. The molecule has 0 N–H and O–H groups in total. The van der Waals surface area contributed by atoms with Crippen molar-refractivity contribution in [3.05, 3.63) is 24.0 Å². The van der Waals surface area contributed by atoms with E-state index in [0.29, 0.717) is 6.42 Å². The molecule has 0 spiro atoms. The second-order valence-corrected chi connectivity index (χ2v) is 5.16. The molecule has 4 nitrogen and oxygen atoms in total. The van der Waals surface area contributed by atoms with E-state index in [1.54, 1.807) is 0 Å². The van der Waals surface area contributed by atoms with E-state index >= 15 is 0 Å². The van der Waals surface area contributed by atoms with Crippen molar-refractivity contribution in [2.24, 2.45) is 0 Å². The van der Waals surface area contributed by atoms with Gasteiger partial charge in [-0.2, -0.15) is 0 Å². The van der Waals surface area contributed by atoms with Crippen molar-refractivity contribution in [2.75, 3.05) is 26.2 Å². The molecule has 0 aromatic carbocycles. The van der Waals surface area contributed by atoms with Gasteiger partial charge in [0.25, 0.3) is 0 Å². The molecule has 1 unspecified atom stereocenters. The van der Waals surface area contributed by atoms with Crippen LogP contribution in [-0.2, 0) is 11.3 Å². The van der Waals surface area contributed by atoms with Crippen molar-refractivity contribution >= 4 is 5.78 Å². The highest BCUT2D eigenvalue weighted by atomic mass is 16.5. The maximum atomic E-state index is 11.8. The molecule has 0 aliphatic carbocycles. The van der Waals surface area contributed by atoms with Crippen molar-refractivity contribution in [3.8, 4) is 0 Å². The third kappa shape index (κ3) is 3.91. The zero-order chi connectivity index (χ0) is 13.7. The van der Waals surface area contributed by atoms with E-state index in [-0.39, 0.29) is 11.9 Å². The van der Waals surface area contributed by atoms with Crippen LogP contribution in [0.4, 0.5) is 0 Å². The number of carbonyl (C=O) groups excluding carboxylic acids is 1. The fraction of sp³-hybridized carbons (Fsp3) is 0.667. The Balaban J connectivity index is 1.90. The first kappa shape index (κ1) is 14.3. The van der Waals surface area contributed by atoms with E-state index in [9.17, 15) is 4.79 Å². The zero-order valence-electron chi connectivity index (χ0n) is 12.0. The minimum atomic E-state index is 0.232. The highest BCUT2D eigenvalue weighted by Gasteiger charge is 2.19. The van der Waals surface area contributed by atoms with Crippen molar-refractivity contribution < 1.29 is 9.53 Å². The first-order valence-corrected chi connectivity index (χ1v) is 7.25. The minimum absolute atomic E-state index is 0.232. The van der Waals surface area contributed by atoms with Crippen LogP contribution in [-0.4, -0.2) is 47.6 Å². The van der Waals surface area contributed by atoms with Crippen LogP contribution >= 0.6 is 0 Å². The van der Waals surface area contributed by atoms with E-state index < -0.39 is 0 Å². The van der Waals surface area contributed by atoms with Gasteiger partial charge in [-0.3, -0.25) is 9.69 Å². The fourth-order valence-corrected chi connectivity index (χ4v) is 2.50. The van der Waals surface area contributed by atoms with Crippen LogP contribution < -0.4 is 0 Å². The van der Waals surface area contributed by atoms with Crippen LogP contribution in [0.5, 0.6) is 0 Å². The third-order valence-corrected chi connectivity index (χ3v) is 3.63. The number of hydrogen-bond acceptors (Lipinski definition) is 3. The van der Waals surface area contributed by atoms with Gasteiger partial charge < -0.3 is 9.30 Å². The lowest BCUT2D eigenvalue weighted by Crippen LogP contribution is -2.43. The molecule has 1 aromatic rings. The second-order valence-electron chi connectivity index (χ2n) is 5.16. The first-order valence-electron chi connectivity index (χ1n) is 7.25. The van der Waals surface area contributed by atoms with E-state index in [1.165, 1.54) is 0 Å². The summed E-state index contributed by atoms with van der Waals surface area (Å²) in [7, 11) is 0. The Bertz CT molecular complexity index is 414. The Morgan fingerprint density at radius 2 is 2.32 bits per heavy atom. The van der Waals surface area contributed by atoms with Crippen molar-refractivity contribution in [2.45, 2.75) is 39.3 Å². The molecule has 1 fully saturated rings.